The Morgan fingerprint density at radius 2 is 1.96 bits per heavy atom. The van der Waals surface area contributed by atoms with Gasteiger partial charge in [-0.15, -0.1) is 24.0 Å². The molecule has 162 valence electrons. The van der Waals surface area contributed by atoms with E-state index in [2.05, 4.69) is 29.5 Å². The van der Waals surface area contributed by atoms with E-state index in [-0.39, 0.29) is 43.2 Å². The Balaban J connectivity index is 0.00000729. The summed E-state index contributed by atoms with van der Waals surface area (Å²) in [5.41, 5.74) is 1.13. The van der Waals surface area contributed by atoms with Crippen LogP contribution in [0.3, 0.4) is 0 Å². The van der Waals surface area contributed by atoms with E-state index in [1.165, 1.54) is 0 Å². The number of aliphatic imine (C=N–C) groups is 1. The smallest absolute Gasteiger partial charge is 0.191 e. The molecule has 0 saturated carbocycles. The van der Waals surface area contributed by atoms with E-state index in [1.54, 1.807) is 0 Å². The number of rotatable bonds is 12. The molecule has 1 rings (SSSR count). The van der Waals surface area contributed by atoms with Gasteiger partial charge in [-0.3, -0.25) is 4.99 Å². The topological polar surface area (TPSA) is 75.1 Å². The maximum Gasteiger partial charge on any atom is 0.191 e. The van der Waals surface area contributed by atoms with Gasteiger partial charge in [0.05, 0.1) is 12.6 Å². The maximum atomic E-state index is 10.1. The van der Waals surface area contributed by atoms with Crippen LogP contribution in [0.15, 0.2) is 29.3 Å². The molecule has 0 aliphatic rings. The number of halogens is 1. The van der Waals surface area contributed by atoms with Gasteiger partial charge in [-0.2, -0.15) is 0 Å². The zero-order valence-electron chi connectivity index (χ0n) is 17.9. The van der Waals surface area contributed by atoms with Gasteiger partial charge < -0.3 is 25.2 Å². The number of guanidine groups is 1. The van der Waals surface area contributed by atoms with Gasteiger partial charge in [0, 0.05) is 19.7 Å². The van der Waals surface area contributed by atoms with Crippen LogP contribution in [0, 0.1) is 12.8 Å². The van der Waals surface area contributed by atoms with Crippen molar-refractivity contribution in [1.82, 2.24) is 10.6 Å². The van der Waals surface area contributed by atoms with E-state index in [9.17, 15) is 5.11 Å². The molecule has 1 aromatic rings. The van der Waals surface area contributed by atoms with Crippen LogP contribution in [0.2, 0.25) is 0 Å². The summed E-state index contributed by atoms with van der Waals surface area (Å²) in [4.78, 5) is 4.45. The Labute approximate surface area is 187 Å². The lowest BCUT2D eigenvalue weighted by atomic mass is 10.0. The summed E-state index contributed by atoms with van der Waals surface area (Å²) in [5, 5.41) is 16.7. The van der Waals surface area contributed by atoms with Crippen LogP contribution < -0.4 is 15.4 Å². The van der Waals surface area contributed by atoms with E-state index in [1.807, 2.05) is 45.0 Å². The zero-order chi connectivity index (χ0) is 20.1. The van der Waals surface area contributed by atoms with Crippen LogP contribution in [0.1, 0.15) is 39.7 Å². The Morgan fingerprint density at radius 1 is 1.21 bits per heavy atom. The number of hydrogen-bond acceptors (Lipinski definition) is 4. The number of aliphatic hydroxyl groups excluding tert-OH is 1. The Kier molecular flexibility index (Phi) is 15.2. The summed E-state index contributed by atoms with van der Waals surface area (Å²) in [6.07, 6.45) is 0.487. The second-order valence-electron chi connectivity index (χ2n) is 6.95. The Morgan fingerprint density at radius 3 is 2.57 bits per heavy atom. The van der Waals surface area contributed by atoms with Crippen LogP contribution in [0.25, 0.3) is 0 Å². The first kappa shape index (κ1) is 26.9. The number of aryl methyl sites for hydroxylation is 1. The zero-order valence-corrected chi connectivity index (χ0v) is 20.2. The third-order valence-electron chi connectivity index (χ3n) is 4.08. The summed E-state index contributed by atoms with van der Waals surface area (Å²) in [6.45, 7) is 13.1. The summed E-state index contributed by atoms with van der Waals surface area (Å²) in [6, 6.07) is 7.79. The van der Waals surface area contributed by atoms with Gasteiger partial charge in [0.2, 0.25) is 0 Å². The third kappa shape index (κ3) is 11.7. The highest BCUT2D eigenvalue weighted by molar-refractivity contribution is 14.0. The van der Waals surface area contributed by atoms with Crippen molar-refractivity contribution in [2.45, 2.75) is 53.2 Å². The van der Waals surface area contributed by atoms with Crippen molar-refractivity contribution in [1.29, 1.82) is 0 Å². The molecular formula is C21H38IN3O3. The van der Waals surface area contributed by atoms with Gasteiger partial charge >= 0.3 is 0 Å². The third-order valence-corrected chi connectivity index (χ3v) is 4.08. The number of nitrogens with zero attached hydrogens (tertiary/aromatic N) is 1. The minimum Gasteiger partial charge on any atom is -0.491 e. The minimum atomic E-state index is -0.659. The highest BCUT2D eigenvalue weighted by Gasteiger charge is 2.13. The molecule has 0 amide bonds. The van der Waals surface area contributed by atoms with Gasteiger partial charge in [-0.25, -0.2) is 0 Å². The van der Waals surface area contributed by atoms with Crippen LogP contribution in [0.5, 0.6) is 5.75 Å². The highest BCUT2D eigenvalue weighted by atomic mass is 127. The van der Waals surface area contributed by atoms with Crippen molar-refractivity contribution in [2.75, 3.05) is 32.8 Å². The van der Waals surface area contributed by atoms with E-state index in [0.717, 1.165) is 37.4 Å². The van der Waals surface area contributed by atoms with Gasteiger partial charge in [0.1, 0.15) is 18.5 Å². The summed E-state index contributed by atoms with van der Waals surface area (Å²) in [7, 11) is 0. The SMILES string of the molecule is CCNC(=NCC(O)COc1cccc(C)c1)NCCC(OCC)C(C)C.I. The fourth-order valence-corrected chi connectivity index (χ4v) is 2.64. The quantitative estimate of drug-likeness (QED) is 0.230. The first-order valence-electron chi connectivity index (χ1n) is 9.97. The van der Waals surface area contributed by atoms with E-state index >= 15 is 0 Å². The molecule has 0 fully saturated rings. The lowest BCUT2D eigenvalue weighted by molar-refractivity contribution is 0.0258. The number of nitrogens with one attached hydrogen (secondary N) is 2. The molecule has 7 heteroatoms. The normalized spacial score (nSPS) is 13.6. The molecule has 0 radical (unpaired) electrons. The minimum absolute atomic E-state index is 0. The molecule has 2 unspecified atom stereocenters. The molecule has 0 bridgehead atoms. The number of benzene rings is 1. The van der Waals surface area contributed by atoms with E-state index in [4.69, 9.17) is 9.47 Å². The van der Waals surface area contributed by atoms with Crippen molar-refractivity contribution >= 4 is 29.9 Å². The molecule has 0 aromatic heterocycles. The second kappa shape index (κ2) is 15.8. The van der Waals surface area contributed by atoms with Gasteiger partial charge in [-0.1, -0.05) is 26.0 Å². The summed E-state index contributed by atoms with van der Waals surface area (Å²) >= 11 is 0. The van der Waals surface area contributed by atoms with E-state index < -0.39 is 6.10 Å². The van der Waals surface area contributed by atoms with Crippen molar-refractivity contribution in [3.8, 4) is 5.75 Å². The van der Waals surface area contributed by atoms with Crippen molar-refractivity contribution in [3.05, 3.63) is 29.8 Å². The lowest BCUT2D eigenvalue weighted by Crippen LogP contribution is -2.40. The number of aliphatic hydroxyl groups is 1. The number of ether oxygens (including phenoxy) is 2. The molecule has 0 aliphatic heterocycles. The molecule has 28 heavy (non-hydrogen) atoms. The average molecular weight is 507 g/mol. The lowest BCUT2D eigenvalue weighted by Gasteiger charge is -2.21. The molecule has 6 nitrogen and oxygen atoms in total. The Bertz CT molecular complexity index is 555. The van der Waals surface area contributed by atoms with Crippen molar-refractivity contribution < 1.29 is 14.6 Å². The fourth-order valence-electron chi connectivity index (χ4n) is 2.64. The summed E-state index contributed by atoms with van der Waals surface area (Å²) in [5.74, 6) is 1.94. The number of hydrogen-bond donors (Lipinski definition) is 3. The average Bonchev–Trinajstić information content (AvgIpc) is 2.63. The first-order valence-corrected chi connectivity index (χ1v) is 9.97. The fraction of sp³-hybridized carbons (Fsp3) is 0.667. The molecule has 3 N–H and O–H groups in total. The highest BCUT2D eigenvalue weighted by Crippen LogP contribution is 2.12. The second-order valence-corrected chi connectivity index (χ2v) is 6.95. The molecule has 2 atom stereocenters. The van der Waals surface area contributed by atoms with E-state index in [0.29, 0.717) is 11.9 Å². The van der Waals surface area contributed by atoms with Gasteiger partial charge in [-0.05, 0) is 50.8 Å². The van der Waals surface area contributed by atoms with Crippen molar-refractivity contribution in [3.63, 3.8) is 0 Å². The molecule has 0 spiro atoms. The maximum absolute atomic E-state index is 10.1. The van der Waals surface area contributed by atoms with Crippen LogP contribution in [0.4, 0.5) is 0 Å². The predicted molar refractivity (Wildman–Crippen MR) is 127 cm³/mol. The van der Waals surface area contributed by atoms with Crippen molar-refractivity contribution in [2.24, 2.45) is 10.9 Å². The first-order chi connectivity index (χ1) is 13.0. The standard InChI is InChI=1S/C21H37N3O3.HI/c1-6-22-21(23-12-11-20(16(3)4)26-7-2)24-14-18(25)15-27-19-10-8-9-17(5)13-19;/h8-10,13,16,18,20,25H,6-7,11-12,14-15H2,1-5H3,(H2,22,23,24);1H. The molecule has 0 heterocycles. The Hall–Kier alpha value is -1.06. The molecule has 1 aromatic carbocycles. The van der Waals surface area contributed by atoms with Gasteiger partial charge in [0.25, 0.3) is 0 Å². The van der Waals surface area contributed by atoms with Crippen LogP contribution in [-0.2, 0) is 4.74 Å². The largest absolute Gasteiger partial charge is 0.491 e. The predicted octanol–water partition coefficient (Wildman–Crippen LogP) is 3.36. The van der Waals surface area contributed by atoms with Crippen LogP contribution >= 0.6 is 24.0 Å². The monoisotopic (exact) mass is 507 g/mol. The summed E-state index contributed by atoms with van der Waals surface area (Å²) < 4.78 is 11.4. The molecule has 0 aliphatic carbocycles. The van der Waals surface area contributed by atoms with Crippen LogP contribution in [-0.4, -0.2) is 56.1 Å². The van der Waals surface area contributed by atoms with Gasteiger partial charge in [0.15, 0.2) is 5.96 Å². The molecular weight excluding hydrogens is 469 g/mol. The molecule has 0 saturated heterocycles.